The molecule has 90 valence electrons. The average Bonchev–Trinajstić information content (AvgIpc) is 2.50. The lowest BCUT2D eigenvalue weighted by Gasteiger charge is -2.23. The van der Waals surface area contributed by atoms with Gasteiger partial charge in [0.1, 0.15) is 5.76 Å². The molecule has 1 aromatic rings. The van der Waals surface area contributed by atoms with Crippen molar-refractivity contribution in [2.24, 2.45) is 5.41 Å². The first-order valence-corrected chi connectivity index (χ1v) is 6.24. The summed E-state index contributed by atoms with van der Waals surface area (Å²) in [5, 5.41) is 9.63. The minimum Gasteiger partial charge on any atom is -0.508 e. The van der Waals surface area contributed by atoms with Gasteiger partial charge in [0.05, 0.1) is 0 Å². The molecule has 1 nitrogen and oxygen atoms in total. The lowest BCUT2D eigenvalue weighted by molar-refractivity contribution is 0.344. The lowest BCUT2D eigenvalue weighted by Crippen LogP contribution is -2.14. The van der Waals surface area contributed by atoms with Crippen LogP contribution in [-0.2, 0) is 12.8 Å². The molecule has 17 heavy (non-hydrogen) atoms. The van der Waals surface area contributed by atoms with Gasteiger partial charge >= 0.3 is 0 Å². The summed E-state index contributed by atoms with van der Waals surface area (Å²) in [6.45, 7) is 5.82. The molecule has 1 heteroatoms. The van der Waals surface area contributed by atoms with Crippen LogP contribution in [0.2, 0.25) is 0 Å². The molecule has 0 saturated heterocycles. The molecule has 1 aromatic carbocycles. The fourth-order valence-electron chi connectivity index (χ4n) is 2.57. The maximum Gasteiger partial charge on any atom is 0.111 e. The third kappa shape index (κ3) is 2.79. The van der Waals surface area contributed by atoms with E-state index in [1.165, 1.54) is 17.2 Å². The van der Waals surface area contributed by atoms with Crippen LogP contribution >= 0.6 is 0 Å². The first-order valence-electron chi connectivity index (χ1n) is 6.24. The van der Waals surface area contributed by atoms with E-state index in [1.54, 1.807) is 0 Å². The summed E-state index contributed by atoms with van der Waals surface area (Å²) < 4.78 is 0. The quantitative estimate of drug-likeness (QED) is 0.457. The fraction of sp³-hybridized carbons (Fsp3) is 0.375. The Morgan fingerprint density at radius 3 is 2.24 bits per heavy atom. The van der Waals surface area contributed by atoms with Crippen LogP contribution in [0.15, 0.2) is 48.8 Å². The highest BCUT2D eigenvalue weighted by molar-refractivity contribution is 5.29. The maximum atomic E-state index is 9.63. The molecule has 0 atom stereocenters. The Bertz CT molecular complexity index is 416. The molecule has 0 bridgehead atoms. The largest absolute Gasteiger partial charge is 0.508 e. The third-order valence-corrected chi connectivity index (χ3v) is 3.75. The van der Waals surface area contributed by atoms with Crippen molar-refractivity contribution in [3.8, 4) is 0 Å². The van der Waals surface area contributed by atoms with Gasteiger partial charge in [0.2, 0.25) is 0 Å². The van der Waals surface area contributed by atoms with Gasteiger partial charge in [-0.1, -0.05) is 37.8 Å². The Hall–Kier alpha value is -1.50. The number of rotatable bonds is 2. The highest BCUT2D eigenvalue weighted by Gasteiger charge is 2.25. The Morgan fingerprint density at radius 2 is 1.76 bits per heavy atom. The molecule has 0 aromatic heterocycles. The first-order chi connectivity index (χ1) is 8.13. The monoisotopic (exact) mass is 228 g/mol. The average molecular weight is 228 g/mol. The Morgan fingerprint density at radius 1 is 1.24 bits per heavy atom. The van der Waals surface area contributed by atoms with Gasteiger partial charge < -0.3 is 5.11 Å². The molecule has 1 aliphatic carbocycles. The number of hydrogen-bond donors (Lipinski definition) is 1. The summed E-state index contributed by atoms with van der Waals surface area (Å²) in [5.74, 6) is 0.304. The van der Waals surface area contributed by atoms with Gasteiger partial charge in [-0.3, -0.25) is 0 Å². The van der Waals surface area contributed by atoms with Gasteiger partial charge in [-0.15, -0.1) is 0 Å². The van der Waals surface area contributed by atoms with Crippen molar-refractivity contribution >= 4 is 0 Å². The van der Waals surface area contributed by atoms with Gasteiger partial charge in [0, 0.05) is 0 Å². The van der Waals surface area contributed by atoms with Crippen LogP contribution in [-0.4, -0.2) is 5.11 Å². The molecule has 1 N–H and O–H groups in total. The van der Waals surface area contributed by atoms with Crippen molar-refractivity contribution in [1.82, 2.24) is 0 Å². The number of benzene rings is 1. The van der Waals surface area contributed by atoms with E-state index < -0.39 is 0 Å². The number of hydrogen-bond acceptors (Lipinski definition) is 1. The lowest BCUT2D eigenvalue weighted by atomic mass is 9.81. The number of aliphatic hydroxyl groups is 1. The standard InChI is InChI=1S/C16H20O/c1-3-15(17)12-16(2)10-8-13-6-4-5-7-14(13)9-11-16/h3-7,12,17H,1,8-11H2,2H3/b15-12+. The zero-order valence-corrected chi connectivity index (χ0v) is 10.4. The Balaban J connectivity index is 2.21. The minimum absolute atomic E-state index is 0.0806. The van der Waals surface area contributed by atoms with Crippen LogP contribution in [0.25, 0.3) is 0 Å². The first kappa shape index (κ1) is 12.0. The van der Waals surface area contributed by atoms with Crippen LogP contribution in [0.3, 0.4) is 0 Å². The molecule has 0 aliphatic heterocycles. The molecular weight excluding hydrogens is 208 g/mol. The van der Waals surface area contributed by atoms with Crippen molar-refractivity contribution < 1.29 is 5.11 Å². The van der Waals surface area contributed by atoms with Crippen LogP contribution in [0.4, 0.5) is 0 Å². The van der Waals surface area contributed by atoms with E-state index in [9.17, 15) is 5.11 Å². The van der Waals surface area contributed by atoms with Crippen molar-refractivity contribution in [3.05, 3.63) is 59.9 Å². The normalized spacial score (nSPS) is 19.2. The summed E-state index contributed by atoms with van der Waals surface area (Å²) in [5.41, 5.74) is 3.00. The van der Waals surface area contributed by atoms with Gasteiger partial charge in [-0.2, -0.15) is 0 Å². The SMILES string of the molecule is C=C/C(O)=C\C1(C)CCc2ccccc2CC1. The zero-order valence-electron chi connectivity index (χ0n) is 10.4. The van der Waals surface area contributed by atoms with E-state index in [0.717, 1.165) is 25.7 Å². The molecule has 0 heterocycles. The van der Waals surface area contributed by atoms with E-state index in [0.29, 0.717) is 5.76 Å². The molecule has 0 unspecified atom stereocenters. The predicted molar refractivity (Wildman–Crippen MR) is 72.1 cm³/mol. The molecule has 0 amide bonds. The molecular formula is C16H20O. The van der Waals surface area contributed by atoms with Crippen LogP contribution < -0.4 is 0 Å². The minimum atomic E-state index is 0.0806. The van der Waals surface area contributed by atoms with Crippen LogP contribution in [0.1, 0.15) is 30.9 Å². The van der Waals surface area contributed by atoms with E-state index >= 15 is 0 Å². The number of fused-ring (bicyclic) bond motifs is 1. The van der Waals surface area contributed by atoms with Crippen LogP contribution in [0.5, 0.6) is 0 Å². The van der Waals surface area contributed by atoms with Crippen molar-refractivity contribution in [3.63, 3.8) is 0 Å². The third-order valence-electron chi connectivity index (χ3n) is 3.75. The molecule has 0 saturated carbocycles. The molecule has 2 rings (SSSR count). The van der Waals surface area contributed by atoms with E-state index in [2.05, 4.69) is 37.8 Å². The second-order valence-corrected chi connectivity index (χ2v) is 5.20. The van der Waals surface area contributed by atoms with Gasteiger partial charge in [-0.25, -0.2) is 0 Å². The van der Waals surface area contributed by atoms with Crippen molar-refractivity contribution in [1.29, 1.82) is 0 Å². The van der Waals surface area contributed by atoms with Crippen LogP contribution in [0, 0.1) is 5.41 Å². The maximum absolute atomic E-state index is 9.63. The number of aliphatic hydroxyl groups excluding tert-OH is 1. The second kappa shape index (κ2) is 4.79. The van der Waals surface area contributed by atoms with Gasteiger partial charge in [-0.05, 0) is 54.4 Å². The topological polar surface area (TPSA) is 20.2 Å². The summed E-state index contributed by atoms with van der Waals surface area (Å²) in [4.78, 5) is 0. The second-order valence-electron chi connectivity index (χ2n) is 5.20. The van der Waals surface area contributed by atoms with E-state index in [1.807, 2.05) is 6.08 Å². The van der Waals surface area contributed by atoms with Crippen molar-refractivity contribution in [2.45, 2.75) is 32.6 Å². The number of allylic oxidation sites excluding steroid dienone is 2. The molecule has 1 aliphatic rings. The number of aryl methyl sites for hydroxylation is 2. The summed E-state index contributed by atoms with van der Waals surface area (Å²) >= 11 is 0. The summed E-state index contributed by atoms with van der Waals surface area (Å²) in [6.07, 6.45) is 7.83. The summed E-state index contributed by atoms with van der Waals surface area (Å²) in [6, 6.07) is 8.66. The smallest absolute Gasteiger partial charge is 0.111 e. The van der Waals surface area contributed by atoms with Gasteiger partial charge in [0.25, 0.3) is 0 Å². The highest BCUT2D eigenvalue weighted by atomic mass is 16.3. The van der Waals surface area contributed by atoms with Crippen molar-refractivity contribution in [2.75, 3.05) is 0 Å². The molecule has 0 radical (unpaired) electrons. The Kier molecular flexibility index (Phi) is 3.37. The Labute approximate surface area is 103 Å². The fourth-order valence-corrected chi connectivity index (χ4v) is 2.57. The molecule has 0 spiro atoms. The van der Waals surface area contributed by atoms with Gasteiger partial charge in [0.15, 0.2) is 0 Å². The highest BCUT2D eigenvalue weighted by Crippen LogP contribution is 2.36. The summed E-state index contributed by atoms with van der Waals surface area (Å²) in [7, 11) is 0. The van der Waals surface area contributed by atoms with E-state index in [4.69, 9.17) is 0 Å². The zero-order chi connectivity index (χ0) is 12.3. The predicted octanol–water partition coefficient (Wildman–Crippen LogP) is 4.20. The molecule has 0 fully saturated rings. The van der Waals surface area contributed by atoms with E-state index in [-0.39, 0.29) is 5.41 Å².